The van der Waals surface area contributed by atoms with Crippen molar-refractivity contribution < 1.29 is 0 Å². The highest BCUT2D eigenvalue weighted by atomic mass is 32.1. The third-order valence-corrected chi connectivity index (χ3v) is 12.2. The lowest BCUT2D eigenvalue weighted by Crippen LogP contribution is -2.00. The maximum Gasteiger partial charge on any atom is 0.165 e. The highest BCUT2D eigenvalue weighted by Gasteiger charge is 2.19. The Hall–Kier alpha value is -6.21. The van der Waals surface area contributed by atoms with Crippen molar-refractivity contribution in [3.63, 3.8) is 0 Å². The fraction of sp³-hybridized carbons (Fsp3) is 0. The highest BCUT2D eigenvalue weighted by Crippen LogP contribution is 2.41. The first-order valence-corrected chi connectivity index (χ1v) is 18.6. The van der Waals surface area contributed by atoms with Crippen LogP contribution in [-0.2, 0) is 0 Å². The zero-order valence-electron chi connectivity index (χ0n) is 27.1. The first kappa shape index (κ1) is 28.6. The van der Waals surface area contributed by atoms with Crippen molar-refractivity contribution in [3.05, 3.63) is 158 Å². The molecule has 51 heavy (non-hydrogen) atoms. The molecule has 0 saturated carbocycles. The Morgan fingerprint density at radius 1 is 0.373 bits per heavy atom. The molecule has 0 amide bonds. The molecule has 0 aliphatic heterocycles. The van der Waals surface area contributed by atoms with Crippen LogP contribution in [0.2, 0.25) is 0 Å². The van der Waals surface area contributed by atoms with Crippen LogP contribution in [0.1, 0.15) is 0 Å². The molecular formula is C45H26N4S2. The number of hydrogen-bond acceptors (Lipinski definition) is 5. The second-order valence-electron chi connectivity index (χ2n) is 12.8. The molecule has 238 valence electrons. The summed E-state index contributed by atoms with van der Waals surface area (Å²) in [6, 6.07) is 56.0. The Morgan fingerprint density at radius 3 is 1.75 bits per heavy atom. The zero-order chi connectivity index (χ0) is 33.5. The zero-order valence-corrected chi connectivity index (χ0v) is 28.7. The molecule has 4 nitrogen and oxygen atoms in total. The average Bonchev–Trinajstić information content (AvgIpc) is 3.87. The predicted molar refractivity (Wildman–Crippen MR) is 216 cm³/mol. The van der Waals surface area contributed by atoms with Crippen molar-refractivity contribution in [2.24, 2.45) is 0 Å². The number of para-hydroxylation sites is 2. The fourth-order valence-electron chi connectivity index (χ4n) is 7.51. The number of thiophene rings is 2. The summed E-state index contributed by atoms with van der Waals surface area (Å²) >= 11 is 3.60. The van der Waals surface area contributed by atoms with E-state index in [4.69, 9.17) is 15.0 Å². The molecule has 0 N–H and O–H groups in total. The predicted octanol–water partition coefficient (Wildman–Crippen LogP) is 12.7. The van der Waals surface area contributed by atoms with Gasteiger partial charge < -0.3 is 4.57 Å². The molecule has 4 heterocycles. The van der Waals surface area contributed by atoms with E-state index < -0.39 is 0 Å². The molecule has 0 fully saturated rings. The quantitative estimate of drug-likeness (QED) is 0.185. The molecule has 7 aromatic carbocycles. The molecule has 0 spiro atoms. The highest BCUT2D eigenvalue weighted by molar-refractivity contribution is 7.26. The summed E-state index contributed by atoms with van der Waals surface area (Å²) in [7, 11) is 0. The summed E-state index contributed by atoms with van der Waals surface area (Å²) in [6.07, 6.45) is 0. The first-order valence-electron chi connectivity index (χ1n) is 16.9. The Morgan fingerprint density at radius 2 is 0.941 bits per heavy atom. The van der Waals surface area contributed by atoms with Gasteiger partial charge in [0, 0.05) is 73.5 Å². The van der Waals surface area contributed by atoms with E-state index >= 15 is 0 Å². The molecule has 0 aliphatic carbocycles. The van der Waals surface area contributed by atoms with Crippen molar-refractivity contribution in [3.8, 4) is 39.9 Å². The smallest absolute Gasteiger partial charge is 0.165 e. The van der Waals surface area contributed by atoms with Crippen LogP contribution < -0.4 is 0 Å². The van der Waals surface area contributed by atoms with Gasteiger partial charge in [0.2, 0.25) is 0 Å². The fourth-order valence-corrected chi connectivity index (χ4v) is 9.86. The Balaban J connectivity index is 1.17. The molecular weight excluding hydrogens is 661 g/mol. The lowest BCUT2D eigenvalue weighted by Gasteiger charge is -2.11. The van der Waals surface area contributed by atoms with E-state index in [9.17, 15) is 0 Å². The van der Waals surface area contributed by atoms with Gasteiger partial charge in [0.15, 0.2) is 17.5 Å². The van der Waals surface area contributed by atoms with Crippen LogP contribution in [0, 0.1) is 0 Å². The van der Waals surface area contributed by atoms with Crippen LogP contribution in [-0.4, -0.2) is 19.5 Å². The van der Waals surface area contributed by atoms with Crippen molar-refractivity contribution in [1.82, 2.24) is 19.5 Å². The number of rotatable bonds is 4. The molecule has 6 heteroatoms. The SMILES string of the molecule is c1ccc(-n2c3ccccc3c3ccc(-c4nc(-c5ccc6c(c5)sc5ccccc56)nc(-c5cccc6c5sc5ccccc56)n4)cc32)cc1. The summed E-state index contributed by atoms with van der Waals surface area (Å²) in [6.45, 7) is 0. The summed E-state index contributed by atoms with van der Waals surface area (Å²) in [5.74, 6) is 1.99. The molecule has 0 atom stereocenters. The molecule has 0 radical (unpaired) electrons. The lowest BCUT2D eigenvalue weighted by molar-refractivity contribution is 1.08. The molecule has 0 aliphatic rings. The average molecular weight is 687 g/mol. The van der Waals surface area contributed by atoms with Crippen LogP contribution in [0.3, 0.4) is 0 Å². The minimum atomic E-state index is 0.649. The number of fused-ring (bicyclic) bond motifs is 9. The van der Waals surface area contributed by atoms with E-state index in [1.54, 1.807) is 22.7 Å². The van der Waals surface area contributed by atoms with Crippen LogP contribution in [0.15, 0.2) is 158 Å². The number of benzene rings is 7. The molecule has 0 unspecified atom stereocenters. The van der Waals surface area contributed by atoms with Gasteiger partial charge in [-0.05, 0) is 48.5 Å². The van der Waals surface area contributed by atoms with Gasteiger partial charge in [-0.1, -0.05) is 109 Å². The van der Waals surface area contributed by atoms with Crippen LogP contribution in [0.5, 0.6) is 0 Å². The largest absolute Gasteiger partial charge is 0.309 e. The monoisotopic (exact) mass is 686 g/mol. The molecule has 11 rings (SSSR count). The summed E-state index contributed by atoms with van der Waals surface area (Å²) in [4.78, 5) is 15.7. The minimum absolute atomic E-state index is 0.649. The minimum Gasteiger partial charge on any atom is -0.309 e. The van der Waals surface area contributed by atoms with Gasteiger partial charge in [-0.2, -0.15) is 0 Å². The van der Waals surface area contributed by atoms with Gasteiger partial charge in [0.05, 0.1) is 11.0 Å². The summed E-state index contributed by atoms with van der Waals surface area (Å²) < 4.78 is 7.27. The standard InChI is InChI=1S/C45H26N4S2/c1-2-11-29(12-3-1)49-37-18-7-4-13-30(37)31-23-21-27(25-38(31)49)43-46-44(28-22-24-34-32-14-5-8-19-39(32)50-41(34)26-28)48-45(47-43)36-17-10-16-35-33-15-6-9-20-40(33)51-42(35)36/h1-26H. The van der Waals surface area contributed by atoms with Crippen molar-refractivity contribution >= 4 is 84.8 Å². The van der Waals surface area contributed by atoms with Crippen LogP contribution in [0.25, 0.3) is 102 Å². The normalized spacial score (nSPS) is 11.9. The molecule has 0 bridgehead atoms. The molecule has 0 saturated heterocycles. The van der Waals surface area contributed by atoms with Gasteiger partial charge in [-0.3, -0.25) is 0 Å². The van der Waals surface area contributed by atoms with Crippen molar-refractivity contribution in [1.29, 1.82) is 0 Å². The molecule has 11 aromatic rings. The van der Waals surface area contributed by atoms with Gasteiger partial charge in [-0.25, -0.2) is 15.0 Å². The van der Waals surface area contributed by atoms with Gasteiger partial charge >= 0.3 is 0 Å². The van der Waals surface area contributed by atoms with E-state index in [1.807, 2.05) is 0 Å². The second-order valence-corrected chi connectivity index (χ2v) is 15.0. The summed E-state index contributed by atoms with van der Waals surface area (Å²) in [5, 5.41) is 7.41. The van der Waals surface area contributed by atoms with Crippen molar-refractivity contribution in [2.45, 2.75) is 0 Å². The maximum atomic E-state index is 5.26. The van der Waals surface area contributed by atoms with E-state index in [0.29, 0.717) is 17.5 Å². The lowest BCUT2D eigenvalue weighted by atomic mass is 10.1. The Kier molecular flexibility index (Phi) is 6.26. The summed E-state index contributed by atoms with van der Waals surface area (Å²) in [5.41, 5.74) is 6.33. The van der Waals surface area contributed by atoms with Crippen molar-refractivity contribution in [2.75, 3.05) is 0 Å². The third-order valence-electron chi connectivity index (χ3n) is 9.86. The Bertz CT molecular complexity index is 3150. The van der Waals surface area contributed by atoms with E-state index in [2.05, 4.69) is 162 Å². The van der Waals surface area contributed by atoms with E-state index in [-0.39, 0.29) is 0 Å². The topological polar surface area (TPSA) is 43.6 Å². The van der Waals surface area contributed by atoms with Gasteiger partial charge in [0.1, 0.15) is 0 Å². The number of hydrogen-bond donors (Lipinski definition) is 0. The van der Waals surface area contributed by atoms with Gasteiger partial charge in [0.25, 0.3) is 0 Å². The Labute approximate surface area is 300 Å². The first-order chi connectivity index (χ1) is 25.3. The maximum absolute atomic E-state index is 5.26. The second kappa shape index (κ2) is 11.2. The molecule has 4 aromatic heterocycles. The third kappa shape index (κ3) is 4.47. The van der Waals surface area contributed by atoms with Gasteiger partial charge in [-0.15, -0.1) is 22.7 Å². The number of nitrogens with zero attached hydrogens (tertiary/aromatic N) is 4. The van der Waals surface area contributed by atoms with Crippen LogP contribution >= 0.6 is 22.7 Å². The van der Waals surface area contributed by atoms with E-state index in [1.165, 1.54) is 56.6 Å². The van der Waals surface area contributed by atoms with E-state index in [0.717, 1.165) is 27.9 Å². The van der Waals surface area contributed by atoms with Crippen LogP contribution in [0.4, 0.5) is 0 Å². The number of aromatic nitrogens is 4.